The van der Waals surface area contributed by atoms with Gasteiger partial charge in [0.05, 0.1) is 5.75 Å². The monoisotopic (exact) mass is 411 g/mol. The van der Waals surface area contributed by atoms with Crippen molar-refractivity contribution in [2.45, 2.75) is 58.4 Å². The molecule has 0 bridgehead atoms. The highest BCUT2D eigenvalue weighted by atomic mass is 32.2. The fraction of sp³-hybridized carbons (Fsp3) is 0.409. The second-order valence-electron chi connectivity index (χ2n) is 7.74. The second-order valence-corrected chi connectivity index (χ2v) is 9.90. The van der Waals surface area contributed by atoms with E-state index in [1.54, 1.807) is 11.3 Å². The zero-order chi connectivity index (χ0) is 20.0. The summed E-state index contributed by atoms with van der Waals surface area (Å²) in [6.45, 7) is 10.4. The molecule has 0 saturated heterocycles. The first-order chi connectivity index (χ1) is 13.3. The number of hydrogen-bond acceptors (Lipinski definition) is 5. The van der Waals surface area contributed by atoms with Gasteiger partial charge in [-0.25, -0.2) is 9.97 Å². The molecule has 0 atom stereocenters. The Morgan fingerprint density at radius 1 is 1.14 bits per heavy atom. The number of thioether (sulfide) groups is 1. The molecule has 1 fully saturated rings. The van der Waals surface area contributed by atoms with Gasteiger partial charge in [-0.1, -0.05) is 29.5 Å². The average molecular weight is 412 g/mol. The van der Waals surface area contributed by atoms with E-state index in [9.17, 15) is 4.79 Å². The van der Waals surface area contributed by atoms with E-state index in [0.717, 1.165) is 37.9 Å². The molecule has 6 heteroatoms. The summed E-state index contributed by atoms with van der Waals surface area (Å²) in [5.74, 6) is 1.79. The third-order valence-corrected chi connectivity index (χ3v) is 7.31. The minimum Gasteiger partial charge on any atom is -0.325 e. The minimum atomic E-state index is 0.00407. The van der Waals surface area contributed by atoms with E-state index >= 15 is 0 Å². The van der Waals surface area contributed by atoms with Crippen LogP contribution in [0, 0.1) is 34.6 Å². The molecule has 0 spiro atoms. The van der Waals surface area contributed by atoms with Gasteiger partial charge in [-0.05, 0) is 64.2 Å². The van der Waals surface area contributed by atoms with Gasteiger partial charge in [0.15, 0.2) is 0 Å². The van der Waals surface area contributed by atoms with E-state index in [1.807, 2.05) is 13.8 Å². The molecule has 28 heavy (non-hydrogen) atoms. The van der Waals surface area contributed by atoms with E-state index in [4.69, 9.17) is 9.97 Å². The first-order valence-corrected chi connectivity index (χ1v) is 11.4. The Morgan fingerprint density at radius 3 is 2.46 bits per heavy atom. The molecule has 3 aromatic rings. The van der Waals surface area contributed by atoms with Gasteiger partial charge in [0.2, 0.25) is 5.91 Å². The van der Waals surface area contributed by atoms with Crippen LogP contribution >= 0.6 is 23.1 Å². The molecule has 146 valence electrons. The Morgan fingerprint density at radius 2 is 1.82 bits per heavy atom. The molecule has 0 radical (unpaired) electrons. The molecule has 0 aliphatic heterocycles. The molecule has 4 nitrogen and oxygen atoms in total. The van der Waals surface area contributed by atoms with Gasteiger partial charge >= 0.3 is 0 Å². The van der Waals surface area contributed by atoms with Crippen LogP contribution < -0.4 is 5.32 Å². The fourth-order valence-corrected chi connectivity index (χ4v) is 5.54. The van der Waals surface area contributed by atoms with Crippen molar-refractivity contribution in [3.63, 3.8) is 0 Å². The van der Waals surface area contributed by atoms with Gasteiger partial charge in [0.25, 0.3) is 0 Å². The van der Waals surface area contributed by atoms with Crippen molar-refractivity contribution >= 4 is 44.9 Å². The summed E-state index contributed by atoms with van der Waals surface area (Å²) < 4.78 is 0. The first-order valence-electron chi connectivity index (χ1n) is 9.61. The van der Waals surface area contributed by atoms with Crippen molar-refractivity contribution in [2.24, 2.45) is 0 Å². The van der Waals surface area contributed by atoms with E-state index in [-0.39, 0.29) is 5.91 Å². The van der Waals surface area contributed by atoms with Gasteiger partial charge in [-0.15, -0.1) is 11.3 Å². The third-order valence-electron chi connectivity index (χ3n) is 5.24. The van der Waals surface area contributed by atoms with Crippen molar-refractivity contribution in [3.05, 3.63) is 45.1 Å². The number of carbonyl (C=O) groups excluding carboxylic acids is 1. The smallest absolute Gasteiger partial charge is 0.234 e. The largest absolute Gasteiger partial charge is 0.325 e. The number of carbonyl (C=O) groups is 1. The Labute approximate surface area is 174 Å². The topological polar surface area (TPSA) is 54.9 Å². The molecule has 0 unspecified atom stereocenters. The maximum atomic E-state index is 12.7. The predicted octanol–water partition coefficient (Wildman–Crippen LogP) is 5.84. The first kappa shape index (κ1) is 19.4. The zero-order valence-electron chi connectivity index (χ0n) is 17.0. The van der Waals surface area contributed by atoms with E-state index < -0.39 is 0 Å². The normalized spacial score (nSPS) is 13.9. The maximum absolute atomic E-state index is 12.7. The number of anilines is 1. The van der Waals surface area contributed by atoms with E-state index in [0.29, 0.717) is 11.7 Å². The van der Waals surface area contributed by atoms with Gasteiger partial charge in [0, 0.05) is 21.9 Å². The number of nitrogens with zero attached hydrogens (tertiary/aromatic N) is 2. The Hall–Kier alpha value is -1.92. The number of aryl methyl sites for hydroxylation is 5. The summed E-state index contributed by atoms with van der Waals surface area (Å²) in [5.41, 5.74) is 5.56. The summed E-state index contributed by atoms with van der Waals surface area (Å²) in [6, 6.07) is 4.20. The molecule has 2 aromatic heterocycles. The summed E-state index contributed by atoms with van der Waals surface area (Å²) in [5, 5.41) is 5.16. The molecule has 1 N–H and O–H groups in total. The fourth-order valence-electron chi connectivity index (χ4n) is 3.54. The molecule has 1 aliphatic carbocycles. The molecule has 4 rings (SSSR count). The Kier molecular flexibility index (Phi) is 5.19. The number of benzene rings is 1. The number of fused-ring (bicyclic) bond motifs is 1. The minimum absolute atomic E-state index is 0.00407. The lowest BCUT2D eigenvalue weighted by Crippen LogP contribution is -2.16. The quantitative estimate of drug-likeness (QED) is 0.423. The van der Waals surface area contributed by atoms with Crippen LogP contribution in [0.15, 0.2) is 17.2 Å². The Balaban J connectivity index is 1.56. The summed E-state index contributed by atoms with van der Waals surface area (Å²) in [6.07, 6.45) is 2.34. The van der Waals surface area contributed by atoms with Crippen molar-refractivity contribution in [2.75, 3.05) is 11.1 Å². The van der Waals surface area contributed by atoms with Crippen molar-refractivity contribution in [1.82, 2.24) is 9.97 Å². The van der Waals surface area contributed by atoms with Crippen molar-refractivity contribution in [1.29, 1.82) is 0 Å². The van der Waals surface area contributed by atoms with Crippen molar-refractivity contribution in [3.8, 4) is 0 Å². The number of nitrogens with one attached hydrogen (secondary N) is 1. The molecule has 2 heterocycles. The molecular weight excluding hydrogens is 386 g/mol. The van der Waals surface area contributed by atoms with Crippen LogP contribution in [0.1, 0.15) is 51.7 Å². The number of rotatable bonds is 5. The van der Waals surface area contributed by atoms with Crippen LogP contribution in [0.2, 0.25) is 0 Å². The van der Waals surface area contributed by atoms with Crippen LogP contribution in [-0.4, -0.2) is 21.6 Å². The molecule has 1 saturated carbocycles. The molecule has 1 aromatic carbocycles. The lowest BCUT2D eigenvalue weighted by atomic mass is 10.1. The van der Waals surface area contributed by atoms with Crippen molar-refractivity contribution < 1.29 is 4.79 Å². The number of aromatic nitrogens is 2. The average Bonchev–Trinajstić information content (AvgIpc) is 3.43. The molecule has 1 aliphatic rings. The second kappa shape index (κ2) is 7.48. The van der Waals surface area contributed by atoms with Gasteiger partial charge in [0.1, 0.15) is 15.7 Å². The Bertz CT molecular complexity index is 1060. The van der Waals surface area contributed by atoms with Gasteiger partial charge < -0.3 is 5.32 Å². The summed E-state index contributed by atoms with van der Waals surface area (Å²) in [7, 11) is 0. The highest BCUT2D eigenvalue weighted by Crippen LogP contribution is 2.42. The summed E-state index contributed by atoms with van der Waals surface area (Å²) in [4.78, 5) is 24.6. The van der Waals surface area contributed by atoms with E-state index in [1.165, 1.54) is 40.6 Å². The van der Waals surface area contributed by atoms with E-state index in [2.05, 4.69) is 38.2 Å². The van der Waals surface area contributed by atoms with Crippen LogP contribution in [0.5, 0.6) is 0 Å². The zero-order valence-corrected chi connectivity index (χ0v) is 18.6. The molecule has 1 amide bonds. The highest BCUT2D eigenvalue weighted by molar-refractivity contribution is 8.00. The van der Waals surface area contributed by atoms with Crippen LogP contribution in [-0.2, 0) is 4.79 Å². The number of amides is 1. The molecular formula is C22H25N3OS2. The summed E-state index contributed by atoms with van der Waals surface area (Å²) >= 11 is 3.25. The number of thiophene rings is 1. The van der Waals surface area contributed by atoms with Crippen LogP contribution in [0.4, 0.5) is 5.69 Å². The third kappa shape index (κ3) is 3.80. The van der Waals surface area contributed by atoms with Crippen LogP contribution in [0.25, 0.3) is 10.2 Å². The lowest BCUT2D eigenvalue weighted by molar-refractivity contribution is -0.113. The van der Waals surface area contributed by atoms with Crippen LogP contribution in [0.3, 0.4) is 0 Å². The number of hydrogen-bond donors (Lipinski definition) is 1. The standard InChI is InChI=1S/C22H25N3OS2/c1-11-8-12(2)19(13(3)9-11)23-17(26)10-27-21-18-14(4)15(5)28-22(18)25-20(24-21)16-6-7-16/h8-9,16H,6-7,10H2,1-5H3,(H,23,26). The lowest BCUT2D eigenvalue weighted by Gasteiger charge is -2.13. The maximum Gasteiger partial charge on any atom is 0.234 e. The highest BCUT2D eigenvalue weighted by Gasteiger charge is 2.28. The van der Waals surface area contributed by atoms with Gasteiger partial charge in [-0.3, -0.25) is 4.79 Å². The van der Waals surface area contributed by atoms with Gasteiger partial charge in [-0.2, -0.15) is 0 Å². The predicted molar refractivity (Wildman–Crippen MR) is 119 cm³/mol. The SMILES string of the molecule is Cc1cc(C)c(NC(=O)CSc2nc(C3CC3)nc3sc(C)c(C)c23)c(C)c1.